The largest absolute Gasteiger partial charge is 0.480 e. The van der Waals surface area contributed by atoms with Gasteiger partial charge in [0.1, 0.15) is 6.04 Å². The number of hydrogen-bond donors (Lipinski definition) is 2. The maximum atomic E-state index is 10.8. The van der Waals surface area contributed by atoms with E-state index in [0.29, 0.717) is 0 Å². The van der Waals surface area contributed by atoms with Crippen molar-refractivity contribution in [2.24, 2.45) is 5.73 Å². The van der Waals surface area contributed by atoms with Crippen molar-refractivity contribution in [3.63, 3.8) is 0 Å². The number of aryl methyl sites for hydroxylation is 2. The molecule has 16 heavy (non-hydrogen) atoms. The van der Waals surface area contributed by atoms with Gasteiger partial charge < -0.3 is 10.8 Å². The van der Waals surface area contributed by atoms with Crippen LogP contribution in [0.2, 0.25) is 0 Å². The molecule has 3 N–H and O–H groups in total. The molecule has 0 saturated heterocycles. The van der Waals surface area contributed by atoms with Gasteiger partial charge in [0, 0.05) is 5.92 Å². The highest BCUT2D eigenvalue weighted by Gasteiger charge is 2.23. The molecule has 90 valence electrons. The first-order valence-electron chi connectivity index (χ1n) is 4.99. The second-order valence-corrected chi connectivity index (χ2v) is 3.96. The van der Waals surface area contributed by atoms with E-state index in [-0.39, 0.29) is 18.3 Å². The van der Waals surface area contributed by atoms with Crippen LogP contribution >= 0.6 is 12.4 Å². The lowest BCUT2D eigenvalue weighted by Crippen LogP contribution is -2.35. The standard InChI is InChI=1S/C12H17NO2.ClH/c1-7-5-4-6-8(2)10(7)9(3)11(13)12(14)15;/h4-6,9,11H,13H2,1-3H3,(H,14,15);1H/t9?,11-;/m0./s1. The van der Waals surface area contributed by atoms with Crippen molar-refractivity contribution in [3.8, 4) is 0 Å². The molecular formula is C12H18ClNO2. The van der Waals surface area contributed by atoms with Crippen LogP contribution in [0.4, 0.5) is 0 Å². The molecule has 0 amide bonds. The van der Waals surface area contributed by atoms with E-state index in [0.717, 1.165) is 16.7 Å². The maximum absolute atomic E-state index is 10.8. The van der Waals surface area contributed by atoms with Gasteiger partial charge in [-0.2, -0.15) is 0 Å². The SMILES string of the molecule is Cc1cccc(C)c1C(C)[C@H](N)C(=O)O.Cl. The number of hydrogen-bond acceptors (Lipinski definition) is 2. The quantitative estimate of drug-likeness (QED) is 0.856. The molecule has 3 nitrogen and oxygen atoms in total. The first kappa shape index (κ1) is 14.9. The highest BCUT2D eigenvalue weighted by Crippen LogP contribution is 2.25. The summed E-state index contributed by atoms with van der Waals surface area (Å²) in [6.45, 7) is 5.81. The molecule has 0 aliphatic heterocycles. The molecular weight excluding hydrogens is 226 g/mol. The van der Waals surface area contributed by atoms with Crippen LogP contribution in [0.5, 0.6) is 0 Å². The van der Waals surface area contributed by atoms with Crippen LogP contribution in [0.3, 0.4) is 0 Å². The van der Waals surface area contributed by atoms with E-state index in [1.807, 2.05) is 39.0 Å². The van der Waals surface area contributed by atoms with Crippen LogP contribution in [0, 0.1) is 13.8 Å². The van der Waals surface area contributed by atoms with Gasteiger partial charge in [0.15, 0.2) is 0 Å². The van der Waals surface area contributed by atoms with Crippen molar-refractivity contribution in [1.82, 2.24) is 0 Å². The van der Waals surface area contributed by atoms with E-state index in [1.54, 1.807) is 0 Å². The van der Waals surface area contributed by atoms with E-state index in [9.17, 15) is 4.79 Å². The molecule has 1 aromatic carbocycles. The van der Waals surface area contributed by atoms with E-state index in [1.165, 1.54) is 0 Å². The number of halogens is 1. The Hall–Kier alpha value is -1.06. The molecule has 2 atom stereocenters. The predicted octanol–water partition coefficient (Wildman–Crippen LogP) is 2.24. The fourth-order valence-corrected chi connectivity index (χ4v) is 1.94. The van der Waals surface area contributed by atoms with Gasteiger partial charge in [-0.15, -0.1) is 12.4 Å². The van der Waals surface area contributed by atoms with Gasteiger partial charge in [0.05, 0.1) is 0 Å². The van der Waals surface area contributed by atoms with Gasteiger partial charge in [0.25, 0.3) is 0 Å². The monoisotopic (exact) mass is 243 g/mol. The van der Waals surface area contributed by atoms with E-state index >= 15 is 0 Å². The van der Waals surface area contributed by atoms with Crippen LogP contribution in [0.25, 0.3) is 0 Å². The number of benzene rings is 1. The van der Waals surface area contributed by atoms with Gasteiger partial charge in [0.2, 0.25) is 0 Å². The molecule has 0 radical (unpaired) electrons. The Morgan fingerprint density at radius 1 is 1.31 bits per heavy atom. The Balaban J connectivity index is 0.00000225. The molecule has 0 saturated carbocycles. The number of carbonyl (C=O) groups is 1. The van der Waals surface area contributed by atoms with Crippen LogP contribution in [-0.4, -0.2) is 17.1 Å². The molecule has 1 aromatic rings. The molecule has 0 fully saturated rings. The van der Waals surface area contributed by atoms with Gasteiger partial charge >= 0.3 is 5.97 Å². The third-order valence-corrected chi connectivity index (χ3v) is 2.82. The average molecular weight is 244 g/mol. The molecule has 4 heteroatoms. The number of carboxylic acid groups (broad SMARTS) is 1. The van der Waals surface area contributed by atoms with Crippen molar-refractivity contribution in [2.75, 3.05) is 0 Å². The summed E-state index contributed by atoms with van der Waals surface area (Å²) in [5.74, 6) is -1.12. The zero-order valence-electron chi connectivity index (χ0n) is 9.73. The summed E-state index contributed by atoms with van der Waals surface area (Å²) in [4.78, 5) is 10.8. The highest BCUT2D eigenvalue weighted by atomic mass is 35.5. The van der Waals surface area contributed by atoms with Crippen LogP contribution in [0.15, 0.2) is 18.2 Å². The van der Waals surface area contributed by atoms with E-state index in [4.69, 9.17) is 10.8 Å². The van der Waals surface area contributed by atoms with Gasteiger partial charge in [-0.05, 0) is 30.5 Å². The molecule has 0 aliphatic carbocycles. The smallest absolute Gasteiger partial charge is 0.321 e. The van der Waals surface area contributed by atoms with Gasteiger partial charge in [-0.25, -0.2) is 0 Å². The van der Waals surface area contributed by atoms with Crippen molar-refractivity contribution >= 4 is 18.4 Å². The summed E-state index contributed by atoms with van der Waals surface area (Å²) in [5, 5.41) is 8.87. The summed E-state index contributed by atoms with van der Waals surface area (Å²) in [7, 11) is 0. The molecule has 0 aliphatic rings. The van der Waals surface area contributed by atoms with Crippen molar-refractivity contribution in [3.05, 3.63) is 34.9 Å². The Bertz CT molecular complexity index is 359. The summed E-state index contributed by atoms with van der Waals surface area (Å²) in [5.41, 5.74) is 8.87. The lowest BCUT2D eigenvalue weighted by molar-refractivity contribution is -0.139. The zero-order chi connectivity index (χ0) is 11.6. The molecule has 1 unspecified atom stereocenters. The number of nitrogens with two attached hydrogens (primary N) is 1. The van der Waals surface area contributed by atoms with Crippen molar-refractivity contribution < 1.29 is 9.90 Å². The molecule has 0 bridgehead atoms. The topological polar surface area (TPSA) is 63.3 Å². The number of carboxylic acids is 1. The van der Waals surface area contributed by atoms with E-state index < -0.39 is 12.0 Å². The molecule has 0 aromatic heterocycles. The summed E-state index contributed by atoms with van der Waals surface area (Å²) < 4.78 is 0. The summed E-state index contributed by atoms with van der Waals surface area (Å²) in [6, 6.07) is 5.08. The highest BCUT2D eigenvalue weighted by molar-refractivity contribution is 5.85. The van der Waals surface area contributed by atoms with Crippen LogP contribution < -0.4 is 5.73 Å². The minimum atomic E-state index is -0.954. The van der Waals surface area contributed by atoms with E-state index in [2.05, 4.69) is 0 Å². The number of rotatable bonds is 3. The van der Waals surface area contributed by atoms with Gasteiger partial charge in [-0.1, -0.05) is 25.1 Å². The Kier molecular flexibility index (Phi) is 5.48. The fraction of sp³-hybridized carbons (Fsp3) is 0.417. The lowest BCUT2D eigenvalue weighted by Gasteiger charge is -2.20. The third-order valence-electron chi connectivity index (χ3n) is 2.82. The normalized spacial score (nSPS) is 13.8. The van der Waals surface area contributed by atoms with Crippen LogP contribution in [0.1, 0.15) is 29.5 Å². The Morgan fingerprint density at radius 3 is 2.12 bits per heavy atom. The maximum Gasteiger partial charge on any atom is 0.321 e. The van der Waals surface area contributed by atoms with Crippen molar-refractivity contribution in [2.45, 2.75) is 32.7 Å². The molecule has 0 heterocycles. The third kappa shape index (κ3) is 2.97. The zero-order valence-corrected chi connectivity index (χ0v) is 10.5. The first-order valence-corrected chi connectivity index (χ1v) is 4.99. The Morgan fingerprint density at radius 2 is 1.75 bits per heavy atom. The summed E-state index contributed by atoms with van der Waals surface area (Å²) in [6.07, 6.45) is 0. The molecule has 0 spiro atoms. The second-order valence-electron chi connectivity index (χ2n) is 3.96. The fourth-order valence-electron chi connectivity index (χ4n) is 1.94. The minimum absolute atomic E-state index is 0. The minimum Gasteiger partial charge on any atom is -0.480 e. The van der Waals surface area contributed by atoms with Crippen LogP contribution in [-0.2, 0) is 4.79 Å². The summed E-state index contributed by atoms with van der Waals surface area (Å²) >= 11 is 0. The first-order chi connectivity index (χ1) is 6.95. The van der Waals surface area contributed by atoms with Crippen molar-refractivity contribution in [1.29, 1.82) is 0 Å². The average Bonchev–Trinajstić information content (AvgIpc) is 2.15. The lowest BCUT2D eigenvalue weighted by atomic mass is 9.87. The Labute approximate surface area is 102 Å². The molecule has 1 rings (SSSR count). The predicted molar refractivity (Wildman–Crippen MR) is 67.2 cm³/mol. The van der Waals surface area contributed by atoms with Gasteiger partial charge in [-0.3, -0.25) is 4.79 Å². The second kappa shape index (κ2) is 5.87. The number of aliphatic carboxylic acids is 1.